The van der Waals surface area contributed by atoms with Gasteiger partial charge in [0.2, 0.25) is 0 Å². The average molecular weight is 350 g/mol. The van der Waals surface area contributed by atoms with Gasteiger partial charge in [0, 0.05) is 5.02 Å². The number of rotatable bonds is 9. The molecular formula is C16H25Cl2NO3. The van der Waals surface area contributed by atoms with E-state index in [-0.39, 0.29) is 0 Å². The van der Waals surface area contributed by atoms with Gasteiger partial charge in [0.05, 0.1) is 5.02 Å². The number of aliphatic carboxylic acids is 1. The first-order valence-corrected chi connectivity index (χ1v) is 8.26. The number of carboxylic acids is 1. The molecule has 1 rings (SSSR count). The molecule has 0 spiro atoms. The molecule has 6 heteroatoms. The number of hydrogen-bond donors (Lipinski definition) is 2. The molecule has 4 nitrogen and oxygen atoms in total. The molecule has 0 atom stereocenters. The first-order chi connectivity index (χ1) is 10.5. The second-order valence-corrected chi connectivity index (χ2v) is 5.66. The van der Waals surface area contributed by atoms with Crippen molar-refractivity contribution in [2.75, 3.05) is 13.2 Å². The van der Waals surface area contributed by atoms with E-state index in [0.29, 0.717) is 15.8 Å². The lowest BCUT2D eigenvalue weighted by atomic mass is 10.1. The predicted molar refractivity (Wildman–Crippen MR) is 92.0 cm³/mol. The zero-order chi connectivity index (χ0) is 16.8. The van der Waals surface area contributed by atoms with E-state index in [1.807, 2.05) is 0 Å². The summed E-state index contributed by atoms with van der Waals surface area (Å²) in [6.07, 6.45) is 8.05. The molecule has 0 aliphatic heterocycles. The van der Waals surface area contributed by atoms with Crippen LogP contribution in [0, 0.1) is 0 Å². The summed E-state index contributed by atoms with van der Waals surface area (Å²) in [7, 11) is 0. The van der Waals surface area contributed by atoms with Gasteiger partial charge in [-0.3, -0.25) is 0 Å². The van der Waals surface area contributed by atoms with Crippen LogP contribution in [0.4, 0.5) is 0 Å². The molecule has 0 bridgehead atoms. The van der Waals surface area contributed by atoms with E-state index in [1.165, 1.54) is 50.7 Å². The molecule has 0 aliphatic carbocycles. The number of benzene rings is 1. The van der Waals surface area contributed by atoms with E-state index in [2.05, 4.69) is 6.92 Å². The fourth-order valence-electron chi connectivity index (χ4n) is 1.66. The first-order valence-electron chi connectivity index (χ1n) is 7.51. The highest BCUT2D eigenvalue weighted by Crippen LogP contribution is 2.27. The molecule has 0 fully saturated rings. The molecular weight excluding hydrogens is 325 g/mol. The molecule has 0 aliphatic rings. The Hall–Kier alpha value is -0.970. The van der Waals surface area contributed by atoms with E-state index in [1.54, 1.807) is 6.07 Å². The molecule has 0 heterocycles. The fraction of sp³-hybridized carbons (Fsp3) is 0.562. The third kappa shape index (κ3) is 11.7. The monoisotopic (exact) mass is 349 g/mol. The second-order valence-electron chi connectivity index (χ2n) is 4.81. The van der Waals surface area contributed by atoms with Gasteiger partial charge in [0.1, 0.15) is 5.75 Å². The standard InChI is InChI=1S/C8H6Cl2O3.C8H19N/c9-5-1-2-7(6(10)3-5)13-4-8(11)12;1-2-3-4-5-6-7-8-9/h1-3H,4H2,(H,11,12);2-9H2,1H3. The van der Waals surface area contributed by atoms with Gasteiger partial charge >= 0.3 is 5.97 Å². The molecule has 22 heavy (non-hydrogen) atoms. The molecule has 1 aromatic carbocycles. The van der Waals surface area contributed by atoms with Crippen LogP contribution >= 0.6 is 23.2 Å². The summed E-state index contributed by atoms with van der Waals surface area (Å²) in [5, 5.41) is 9.11. The van der Waals surface area contributed by atoms with Gasteiger partial charge in [-0.25, -0.2) is 4.79 Å². The van der Waals surface area contributed by atoms with Gasteiger partial charge in [-0.2, -0.15) is 0 Å². The Balaban J connectivity index is 0.000000433. The van der Waals surface area contributed by atoms with Crippen molar-refractivity contribution in [2.45, 2.75) is 45.4 Å². The molecule has 0 unspecified atom stereocenters. The Labute approximate surface area is 142 Å². The highest BCUT2D eigenvalue weighted by Gasteiger charge is 2.04. The Morgan fingerprint density at radius 3 is 2.36 bits per heavy atom. The minimum atomic E-state index is -1.05. The van der Waals surface area contributed by atoms with Crippen LogP contribution in [0.1, 0.15) is 45.4 Å². The number of carboxylic acid groups (broad SMARTS) is 1. The molecule has 126 valence electrons. The van der Waals surface area contributed by atoms with Crippen LogP contribution in [-0.4, -0.2) is 24.2 Å². The maximum Gasteiger partial charge on any atom is 0.341 e. The van der Waals surface area contributed by atoms with Crippen LogP contribution in [0.15, 0.2) is 18.2 Å². The summed E-state index contributed by atoms with van der Waals surface area (Å²) in [6, 6.07) is 4.58. The van der Waals surface area contributed by atoms with Gasteiger partial charge in [-0.05, 0) is 31.2 Å². The first kappa shape index (κ1) is 21.0. The number of ether oxygens (including phenoxy) is 1. The molecule has 3 N–H and O–H groups in total. The minimum Gasteiger partial charge on any atom is -0.480 e. The van der Waals surface area contributed by atoms with Gasteiger partial charge in [-0.15, -0.1) is 0 Å². The van der Waals surface area contributed by atoms with Gasteiger partial charge in [0.25, 0.3) is 0 Å². The summed E-state index contributed by atoms with van der Waals surface area (Å²) in [6.45, 7) is 2.69. The highest BCUT2D eigenvalue weighted by molar-refractivity contribution is 6.35. The van der Waals surface area contributed by atoms with Crippen LogP contribution in [-0.2, 0) is 4.79 Å². The summed E-state index contributed by atoms with van der Waals surface area (Å²) < 4.78 is 4.86. The summed E-state index contributed by atoms with van der Waals surface area (Å²) in [5.74, 6) is -0.737. The third-order valence-electron chi connectivity index (χ3n) is 2.80. The molecule has 0 saturated heterocycles. The normalized spacial score (nSPS) is 9.82. The topological polar surface area (TPSA) is 72.6 Å². The zero-order valence-electron chi connectivity index (χ0n) is 13.0. The van der Waals surface area contributed by atoms with Crippen molar-refractivity contribution in [3.05, 3.63) is 28.2 Å². The maximum atomic E-state index is 10.2. The molecule has 0 amide bonds. The fourth-order valence-corrected chi connectivity index (χ4v) is 2.12. The zero-order valence-corrected chi connectivity index (χ0v) is 14.5. The Morgan fingerprint density at radius 1 is 1.18 bits per heavy atom. The van der Waals surface area contributed by atoms with E-state index >= 15 is 0 Å². The number of unbranched alkanes of at least 4 members (excludes halogenated alkanes) is 5. The Kier molecular flexibility index (Phi) is 13.1. The quantitative estimate of drug-likeness (QED) is 0.630. The van der Waals surface area contributed by atoms with Crippen molar-refractivity contribution < 1.29 is 14.6 Å². The third-order valence-corrected chi connectivity index (χ3v) is 3.33. The van der Waals surface area contributed by atoms with Gasteiger partial charge in [-0.1, -0.05) is 62.2 Å². The van der Waals surface area contributed by atoms with Crippen LogP contribution in [0.2, 0.25) is 10.0 Å². The second kappa shape index (κ2) is 13.7. The lowest BCUT2D eigenvalue weighted by Gasteiger charge is -2.04. The Morgan fingerprint density at radius 2 is 1.82 bits per heavy atom. The highest BCUT2D eigenvalue weighted by atomic mass is 35.5. The molecule has 0 radical (unpaired) electrons. The summed E-state index contributed by atoms with van der Waals surface area (Å²) in [5.41, 5.74) is 5.34. The number of nitrogens with two attached hydrogens (primary N) is 1. The predicted octanol–water partition coefficient (Wildman–Crippen LogP) is 4.76. The maximum absolute atomic E-state index is 10.2. The largest absolute Gasteiger partial charge is 0.480 e. The van der Waals surface area contributed by atoms with Crippen molar-refractivity contribution in [3.63, 3.8) is 0 Å². The Bertz CT molecular complexity index is 422. The minimum absolute atomic E-state index is 0.300. The molecule has 0 saturated carbocycles. The molecule has 1 aromatic rings. The summed E-state index contributed by atoms with van der Waals surface area (Å²) >= 11 is 11.3. The van der Waals surface area contributed by atoms with E-state index in [0.717, 1.165) is 6.54 Å². The van der Waals surface area contributed by atoms with E-state index < -0.39 is 12.6 Å². The van der Waals surface area contributed by atoms with Crippen LogP contribution in [0.3, 0.4) is 0 Å². The number of carbonyl (C=O) groups is 1. The lowest BCUT2D eigenvalue weighted by molar-refractivity contribution is -0.139. The average Bonchev–Trinajstić information content (AvgIpc) is 2.47. The molecule has 0 aromatic heterocycles. The van der Waals surface area contributed by atoms with Crippen LogP contribution < -0.4 is 10.5 Å². The smallest absolute Gasteiger partial charge is 0.341 e. The van der Waals surface area contributed by atoms with Crippen molar-refractivity contribution >= 4 is 29.2 Å². The van der Waals surface area contributed by atoms with Gasteiger partial charge < -0.3 is 15.6 Å². The lowest BCUT2D eigenvalue weighted by Crippen LogP contribution is -2.09. The number of hydrogen-bond acceptors (Lipinski definition) is 3. The van der Waals surface area contributed by atoms with Crippen LogP contribution in [0.25, 0.3) is 0 Å². The van der Waals surface area contributed by atoms with Crippen molar-refractivity contribution in [3.8, 4) is 5.75 Å². The van der Waals surface area contributed by atoms with Crippen LogP contribution in [0.5, 0.6) is 5.75 Å². The van der Waals surface area contributed by atoms with Gasteiger partial charge in [0.15, 0.2) is 6.61 Å². The van der Waals surface area contributed by atoms with E-state index in [4.69, 9.17) is 38.8 Å². The number of halogens is 2. The van der Waals surface area contributed by atoms with Crippen molar-refractivity contribution in [1.29, 1.82) is 0 Å². The summed E-state index contributed by atoms with van der Waals surface area (Å²) in [4.78, 5) is 10.2. The SMILES string of the molecule is CCCCCCCCN.O=C(O)COc1ccc(Cl)cc1Cl. The van der Waals surface area contributed by atoms with Crippen molar-refractivity contribution in [1.82, 2.24) is 0 Å². The van der Waals surface area contributed by atoms with E-state index in [9.17, 15) is 4.79 Å². The van der Waals surface area contributed by atoms with Crippen molar-refractivity contribution in [2.24, 2.45) is 5.73 Å².